The average molecular weight is 366 g/mol. The lowest BCUT2D eigenvalue weighted by Gasteiger charge is -2.15. The number of fused-ring (bicyclic) bond motifs is 1. The maximum absolute atomic E-state index is 12.7. The molecule has 5 nitrogen and oxygen atoms in total. The summed E-state index contributed by atoms with van der Waals surface area (Å²) in [5.74, 6) is 2.18. The first kappa shape index (κ1) is 17.2. The molecular formula is C17H20ClN3O2S. The third-order valence-corrected chi connectivity index (χ3v) is 5.76. The molecule has 0 aliphatic carbocycles. The van der Waals surface area contributed by atoms with E-state index in [2.05, 4.69) is 10.3 Å². The molecule has 1 aromatic carbocycles. The van der Waals surface area contributed by atoms with Crippen molar-refractivity contribution >= 4 is 29.7 Å². The number of carbonyl (C=O) groups excluding carboxylic acids is 1. The van der Waals surface area contributed by atoms with E-state index in [1.165, 1.54) is 11.3 Å². The van der Waals surface area contributed by atoms with Gasteiger partial charge >= 0.3 is 0 Å². The number of hydrogen-bond acceptors (Lipinski definition) is 5. The van der Waals surface area contributed by atoms with Crippen molar-refractivity contribution in [2.24, 2.45) is 11.8 Å². The number of carbonyl (C=O) groups is 1. The Morgan fingerprint density at radius 2 is 1.92 bits per heavy atom. The second kappa shape index (κ2) is 7.09. The number of nitrogens with zero attached hydrogens (tertiary/aromatic N) is 2. The third kappa shape index (κ3) is 3.14. The van der Waals surface area contributed by atoms with E-state index in [0.717, 1.165) is 47.4 Å². The maximum Gasteiger partial charge on any atom is 0.265 e. The number of methoxy groups -OCH3 is 1. The number of nitrogens with one attached hydrogen (secondary N) is 1. The molecule has 2 fully saturated rings. The number of thiazole rings is 1. The first-order valence-electron chi connectivity index (χ1n) is 7.85. The summed E-state index contributed by atoms with van der Waals surface area (Å²) in [7, 11) is 1.65. The summed E-state index contributed by atoms with van der Waals surface area (Å²) in [6.07, 6.45) is 1.71. The fourth-order valence-electron chi connectivity index (χ4n) is 3.42. The third-order valence-electron chi connectivity index (χ3n) is 4.73. The topological polar surface area (TPSA) is 54.5 Å². The highest BCUT2D eigenvalue weighted by atomic mass is 35.5. The number of aromatic nitrogens is 1. The summed E-state index contributed by atoms with van der Waals surface area (Å²) in [6, 6.07) is 7.76. The summed E-state index contributed by atoms with van der Waals surface area (Å²) in [4.78, 5) is 19.8. The Morgan fingerprint density at radius 1 is 1.25 bits per heavy atom. The van der Waals surface area contributed by atoms with Crippen LogP contribution in [0.25, 0.3) is 10.6 Å². The van der Waals surface area contributed by atoms with Crippen LogP contribution in [0.2, 0.25) is 0 Å². The van der Waals surface area contributed by atoms with Crippen LogP contribution in [0.5, 0.6) is 5.75 Å². The number of halogens is 1. The SMILES string of the molecule is COc1ccc(-c2ncc(C(=O)N3C[C@H]4CNC[C@H]4C3)s2)cc1.Cl. The summed E-state index contributed by atoms with van der Waals surface area (Å²) in [5.41, 5.74) is 1.01. The van der Waals surface area contributed by atoms with Gasteiger partial charge in [0.05, 0.1) is 13.3 Å². The lowest BCUT2D eigenvalue weighted by atomic mass is 10.0. The molecule has 2 saturated heterocycles. The average Bonchev–Trinajstić information content (AvgIpc) is 3.29. The van der Waals surface area contributed by atoms with E-state index in [4.69, 9.17) is 4.74 Å². The van der Waals surface area contributed by atoms with Crippen molar-refractivity contribution in [2.45, 2.75) is 0 Å². The van der Waals surface area contributed by atoms with Crippen LogP contribution in [0.15, 0.2) is 30.5 Å². The van der Waals surface area contributed by atoms with E-state index in [1.807, 2.05) is 29.2 Å². The Hall–Kier alpha value is -1.63. The molecule has 0 saturated carbocycles. The van der Waals surface area contributed by atoms with E-state index in [0.29, 0.717) is 11.8 Å². The Labute approximate surface area is 151 Å². The molecule has 1 N–H and O–H groups in total. The van der Waals surface area contributed by atoms with Crippen LogP contribution in [0.3, 0.4) is 0 Å². The number of hydrogen-bond donors (Lipinski definition) is 1. The number of amides is 1. The fourth-order valence-corrected chi connectivity index (χ4v) is 4.31. The van der Waals surface area contributed by atoms with Gasteiger partial charge < -0.3 is 15.0 Å². The highest BCUT2D eigenvalue weighted by Gasteiger charge is 2.38. The Morgan fingerprint density at radius 3 is 2.54 bits per heavy atom. The van der Waals surface area contributed by atoms with Crippen LogP contribution in [-0.4, -0.2) is 49.1 Å². The van der Waals surface area contributed by atoms with Gasteiger partial charge in [0.25, 0.3) is 5.91 Å². The fraction of sp³-hybridized carbons (Fsp3) is 0.412. The van der Waals surface area contributed by atoms with E-state index >= 15 is 0 Å². The van der Waals surface area contributed by atoms with Crippen LogP contribution in [0, 0.1) is 11.8 Å². The summed E-state index contributed by atoms with van der Waals surface area (Å²) >= 11 is 1.46. The van der Waals surface area contributed by atoms with Gasteiger partial charge in [0.1, 0.15) is 15.6 Å². The van der Waals surface area contributed by atoms with Crippen LogP contribution in [0.1, 0.15) is 9.67 Å². The molecule has 0 unspecified atom stereocenters. The molecule has 2 aliphatic rings. The monoisotopic (exact) mass is 365 g/mol. The molecule has 3 heterocycles. The normalized spacial score (nSPS) is 22.1. The zero-order valence-electron chi connectivity index (χ0n) is 13.4. The number of benzene rings is 1. The molecule has 2 aromatic rings. The minimum absolute atomic E-state index is 0. The second-order valence-electron chi connectivity index (χ2n) is 6.15. The molecule has 128 valence electrons. The van der Waals surface area contributed by atoms with Gasteiger partial charge in [-0.3, -0.25) is 4.79 Å². The first-order valence-corrected chi connectivity index (χ1v) is 8.66. The van der Waals surface area contributed by atoms with E-state index in [-0.39, 0.29) is 18.3 Å². The molecule has 0 spiro atoms. The first-order chi connectivity index (χ1) is 11.2. The largest absolute Gasteiger partial charge is 0.497 e. The molecule has 24 heavy (non-hydrogen) atoms. The minimum atomic E-state index is 0. The predicted molar refractivity (Wildman–Crippen MR) is 97.1 cm³/mol. The van der Waals surface area contributed by atoms with Crippen molar-refractivity contribution in [2.75, 3.05) is 33.3 Å². The second-order valence-corrected chi connectivity index (χ2v) is 7.18. The van der Waals surface area contributed by atoms with Gasteiger partial charge in [0, 0.05) is 31.7 Å². The van der Waals surface area contributed by atoms with Gasteiger partial charge in [0.2, 0.25) is 0 Å². The van der Waals surface area contributed by atoms with E-state index in [1.54, 1.807) is 13.3 Å². The van der Waals surface area contributed by atoms with Crippen molar-refractivity contribution in [1.29, 1.82) is 0 Å². The van der Waals surface area contributed by atoms with Crippen molar-refractivity contribution in [1.82, 2.24) is 15.2 Å². The van der Waals surface area contributed by atoms with Crippen molar-refractivity contribution in [3.8, 4) is 16.3 Å². The highest BCUT2D eigenvalue weighted by molar-refractivity contribution is 7.16. The molecule has 0 radical (unpaired) electrons. The number of rotatable bonds is 3. The Balaban J connectivity index is 0.00000169. The molecule has 7 heteroatoms. The van der Waals surface area contributed by atoms with Crippen molar-refractivity contribution in [3.63, 3.8) is 0 Å². The van der Waals surface area contributed by atoms with Gasteiger partial charge in [0.15, 0.2) is 0 Å². The predicted octanol–water partition coefficient (Wildman–Crippen LogP) is 2.53. The quantitative estimate of drug-likeness (QED) is 0.908. The smallest absolute Gasteiger partial charge is 0.265 e. The zero-order chi connectivity index (χ0) is 15.8. The molecule has 1 amide bonds. The molecule has 0 bridgehead atoms. The lowest BCUT2D eigenvalue weighted by molar-refractivity contribution is 0.0786. The van der Waals surface area contributed by atoms with Gasteiger partial charge in [-0.2, -0.15) is 0 Å². The molecule has 2 aliphatic heterocycles. The summed E-state index contributed by atoms with van der Waals surface area (Å²) < 4.78 is 5.17. The molecule has 2 atom stereocenters. The van der Waals surface area contributed by atoms with Gasteiger partial charge in [-0.05, 0) is 36.1 Å². The van der Waals surface area contributed by atoms with Crippen molar-refractivity contribution in [3.05, 3.63) is 35.3 Å². The Kier molecular flexibility index (Phi) is 5.08. The standard InChI is InChI=1S/C17H19N3O2S.ClH/c1-22-14-4-2-11(3-5-14)16-19-8-15(23-16)17(21)20-9-12-6-18-7-13(12)10-20;/h2-5,8,12-13,18H,6-7,9-10H2,1H3;1H/t12-,13+;. The summed E-state index contributed by atoms with van der Waals surface area (Å²) in [5, 5.41) is 4.27. The maximum atomic E-state index is 12.7. The van der Waals surface area contributed by atoms with Crippen molar-refractivity contribution < 1.29 is 9.53 Å². The van der Waals surface area contributed by atoms with E-state index in [9.17, 15) is 4.79 Å². The van der Waals surface area contributed by atoms with Crippen LogP contribution >= 0.6 is 23.7 Å². The molecule has 4 rings (SSSR count). The lowest BCUT2D eigenvalue weighted by Crippen LogP contribution is -2.31. The molecular weight excluding hydrogens is 346 g/mol. The minimum Gasteiger partial charge on any atom is -0.497 e. The summed E-state index contributed by atoms with van der Waals surface area (Å²) in [6.45, 7) is 3.81. The molecule has 1 aromatic heterocycles. The highest BCUT2D eigenvalue weighted by Crippen LogP contribution is 2.31. The zero-order valence-corrected chi connectivity index (χ0v) is 15.0. The van der Waals surface area contributed by atoms with E-state index < -0.39 is 0 Å². The van der Waals surface area contributed by atoms with Crippen LogP contribution in [0.4, 0.5) is 0 Å². The van der Waals surface area contributed by atoms with Gasteiger partial charge in [-0.25, -0.2) is 4.98 Å². The number of ether oxygens (including phenoxy) is 1. The van der Waals surface area contributed by atoms with Gasteiger partial charge in [-0.1, -0.05) is 0 Å². The van der Waals surface area contributed by atoms with Crippen LogP contribution < -0.4 is 10.1 Å². The number of likely N-dealkylation sites (tertiary alicyclic amines) is 1. The van der Waals surface area contributed by atoms with Gasteiger partial charge in [-0.15, -0.1) is 23.7 Å². The Bertz CT molecular complexity index is 707. The van der Waals surface area contributed by atoms with Crippen LogP contribution in [-0.2, 0) is 0 Å².